The standard InChI is InChI=1S/C23H15Cl2N3O6/c24-18(19(25)23(31)32)21(29)26-13-2-3-14-15(9-13)27-20-12(5-6-28(20)22(14)30)7-11-1-4-16-17(8-11)34-10-33-16/h1-4,7-9H,5-6,10H2,(H,26,29)(H,31,32). The lowest BCUT2D eigenvalue weighted by atomic mass is 10.1. The van der Waals surface area contributed by atoms with Crippen LogP contribution in [0, 0.1) is 0 Å². The summed E-state index contributed by atoms with van der Waals surface area (Å²) in [7, 11) is 0. The molecule has 0 bridgehead atoms. The van der Waals surface area contributed by atoms with Gasteiger partial charge in [-0.05, 0) is 54.0 Å². The van der Waals surface area contributed by atoms with Crippen molar-refractivity contribution in [3.05, 3.63) is 68.2 Å². The first kappa shape index (κ1) is 22.0. The van der Waals surface area contributed by atoms with Gasteiger partial charge in [-0.15, -0.1) is 0 Å². The molecule has 2 aliphatic heterocycles. The van der Waals surface area contributed by atoms with E-state index in [9.17, 15) is 14.4 Å². The molecule has 0 aliphatic carbocycles. The Morgan fingerprint density at radius 2 is 1.88 bits per heavy atom. The van der Waals surface area contributed by atoms with Gasteiger partial charge in [0.2, 0.25) is 6.79 Å². The van der Waals surface area contributed by atoms with Crippen molar-refractivity contribution < 1.29 is 24.2 Å². The molecule has 0 atom stereocenters. The molecule has 1 amide bonds. The number of hydrogen-bond donors (Lipinski definition) is 2. The number of carbonyl (C=O) groups excluding carboxylic acids is 1. The molecule has 0 fully saturated rings. The summed E-state index contributed by atoms with van der Waals surface area (Å²) < 4.78 is 12.4. The van der Waals surface area contributed by atoms with Gasteiger partial charge in [-0.1, -0.05) is 29.3 Å². The normalized spacial score (nSPS) is 15.9. The first-order chi connectivity index (χ1) is 16.3. The number of nitrogens with one attached hydrogen (secondary N) is 1. The van der Waals surface area contributed by atoms with E-state index < -0.39 is 21.9 Å². The smallest absolute Gasteiger partial charge is 0.349 e. The molecule has 0 unspecified atom stereocenters. The maximum absolute atomic E-state index is 13.0. The van der Waals surface area contributed by atoms with E-state index >= 15 is 0 Å². The summed E-state index contributed by atoms with van der Waals surface area (Å²) >= 11 is 11.3. The van der Waals surface area contributed by atoms with E-state index in [0.717, 1.165) is 11.1 Å². The van der Waals surface area contributed by atoms with Gasteiger partial charge in [-0.3, -0.25) is 14.2 Å². The van der Waals surface area contributed by atoms with Gasteiger partial charge < -0.3 is 19.9 Å². The number of amides is 1. The Morgan fingerprint density at radius 3 is 2.68 bits per heavy atom. The predicted molar refractivity (Wildman–Crippen MR) is 126 cm³/mol. The van der Waals surface area contributed by atoms with E-state index in [-0.39, 0.29) is 18.0 Å². The van der Waals surface area contributed by atoms with Crippen LogP contribution in [0.1, 0.15) is 17.8 Å². The third-order valence-corrected chi connectivity index (χ3v) is 6.23. The van der Waals surface area contributed by atoms with Crippen molar-refractivity contribution in [2.24, 2.45) is 0 Å². The van der Waals surface area contributed by atoms with Gasteiger partial charge >= 0.3 is 5.97 Å². The van der Waals surface area contributed by atoms with Crippen LogP contribution in [-0.4, -0.2) is 33.3 Å². The molecule has 2 aliphatic rings. The average Bonchev–Trinajstić information content (AvgIpc) is 3.45. The SMILES string of the molecule is O=C(O)C(Cl)=C(Cl)C(=O)Nc1ccc2c(=O)n3c(nc2c1)C(=Cc1ccc2c(c1)OCO2)CC3. The van der Waals surface area contributed by atoms with Crippen LogP contribution >= 0.6 is 23.2 Å². The molecular formula is C23H15Cl2N3O6. The number of hydrogen-bond acceptors (Lipinski definition) is 6. The Hall–Kier alpha value is -3.82. The number of fused-ring (bicyclic) bond motifs is 3. The first-order valence-electron chi connectivity index (χ1n) is 10.1. The number of halogens is 2. The minimum absolute atomic E-state index is 0.184. The molecule has 3 heterocycles. The number of aliphatic carboxylic acids is 1. The summed E-state index contributed by atoms with van der Waals surface area (Å²) in [4.78, 5) is 40.8. The van der Waals surface area contributed by atoms with Crippen LogP contribution in [0.2, 0.25) is 0 Å². The zero-order valence-corrected chi connectivity index (χ0v) is 18.8. The first-order valence-corrected chi connectivity index (χ1v) is 10.8. The van der Waals surface area contributed by atoms with Crippen LogP contribution < -0.4 is 20.3 Å². The van der Waals surface area contributed by atoms with E-state index in [0.29, 0.717) is 41.2 Å². The third kappa shape index (κ3) is 3.89. The minimum atomic E-state index is -1.52. The van der Waals surface area contributed by atoms with Crippen LogP contribution in [0.15, 0.2) is 51.3 Å². The molecule has 2 aromatic carbocycles. The molecule has 11 heteroatoms. The molecule has 0 radical (unpaired) electrons. The minimum Gasteiger partial charge on any atom is -0.477 e. The fourth-order valence-electron chi connectivity index (χ4n) is 3.82. The van der Waals surface area contributed by atoms with Crippen molar-refractivity contribution in [2.75, 3.05) is 12.1 Å². The zero-order chi connectivity index (χ0) is 24.0. The summed E-state index contributed by atoms with van der Waals surface area (Å²) in [6.07, 6.45) is 2.58. The highest BCUT2D eigenvalue weighted by molar-refractivity contribution is 6.54. The number of nitrogens with zero attached hydrogens (tertiary/aromatic N) is 2. The summed E-state index contributed by atoms with van der Waals surface area (Å²) in [5.41, 5.74) is 2.23. The number of benzene rings is 2. The molecule has 0 saturated heterocycles. The van der Waals surface area contributed by atoms with Gasteiger partial charge in [0.25, 0.3) is 11.5 Å². The fraction of sp³-hybridized carbons (Fsp3) is 0.130. The Balaban J connectivity index is 1.50. The third-order valence-electron chi connectivity index (χ3n) is 5.42. The molecule has 2 N–H and O–H groups in total. The second-order valence-corrected chi connectivity index (χ2v) is 8.30. The molecule has 0 spiro atoms. The van der Waals surface area contributed by atoms with Crippen molar-refractivity contribution >= 4 is 63.3 Å². The molecule has 9 nitrogen and oxygen atoms in total. The van der Waals surface area contributed by atoms with Crippen molar-refractivity contribution in [3.63, 3.8) is 0 Å². The van der Waals surface area contributed by atoms with Crippen LogP contribution in [-0.2, 0) is 16.1 Å². The predicted octanol–water partition coefficient (Wildman–Crippen LogP) is 3.78. The number of ether oxygens (including phenoxy) is 2. The summed E-state index contributed by atoms with van der Waals surface area (Å²) in [5.74, 6) is -0.539. The van der Waals surface area contributed by atoms with Crippen LogP contribution in [0.3, 0.4) is 0 Å². The molecule has 34 heavy (non-hydrogen) atoms. The monoisotopic (exact) mass is 499 g/mol. The Bertz CT molecular complexity index is 1510. The number of carboxylic acid groups (broad SMARTS) is 1. The van der Waals surface area contributed by atoms with Gasteiger partial charge in [-0.25, -0.2) is 9.78 Å². The number of carbonyl (C=O) groups is 2. The lowest BCUT2D eigenvalue weighted by Gasteiger charge is -2.09. The van der Waals surface area contributed by atoms with Gasteiger partial charge in [0, 0.05) is 12.2 Å². The second-order valence-electron chi connectivity index (χ2n) is 7.54. The highest BCUT2D eigenvalue weighted by atomic mass is 35.5. The maximum atomic E-state index is 13.0. The van der Waals surface area contributed by atoms with Crippen molar-refractivity contribution in [1.29, 1.82) is 0 Å². The van der Waals surface area contributed by atoms with Crippen LogP contribution in [0.4, 0.5) is 5.69 Å². The molecule has 1 aromatic heterocycles. The fourth-order valence-corrected chi connectivity index (χ4v) is 4.03. The molecular weight excluding hydrogens is 485 g/mol. The maximum Gasteiger partial charge on any atom is 0.349 e. The van der Waals surface area contributed by atoms with Crippen molar-refractivity contribution in [3.8, 4) is 11.5 Å². The summed E-state index contributed by atoms with van der Waals surface area (Å²) in [6.45, 7) is 0.684. The Labute approximate surface area is 201 Å². The molecule has 172 valence electrons. The Kier molecular flexibility index (Phi) is 5.51. The number of anilines is 1. The second kappa shape index (κ2) is 8.51. The van der Waals surface area contributed by atoms with Gasteiger partial charge in [0.1, 0.15) is 15.9 Å². The van der Waals surface area contributed by atoms with E-state index in [1.54, 1.807) is 10.6 Å². The zero-order valence-electron chi connectivity index (χ0n) is 17.3. The largest absolute Gasteiger partial charge is 0.477 e. The van der Waals surface area contributed by atoms with E-state index in [4.69, 9.17) is 37.8 Å². The summed E-state index contributed by atoms with van der Waals surface area (Å²) in [6, 6.07) is 10.2. The number of carboxylic acids is 1. The van der Waals surface area contributed by atoms with Crippen LogP contribution in [0.25, 0.3) is 22.6 Å². The van der Waals surface area contributed by atoms with E-state index in [1.807, 2.05) is 24.3 Å². The molecule has 0 saturated carbocycles. The van der Waals surface area contributed by atoms with Gasteiger partial charge in [0.15, 0.2) is 11.5 Å². The van der Waals surface area contributed by atoms with Crippen molar-refractivity contribution in [1.82, 2.24) is 9.55 Å². The molecule has 5 rings (SSSR count). The van der Waals surface area contributed by atoms with E-state index in [2.05, 4.69) is 10.3 Å². The lowest BCUT2D eigenvalue weighted by molar-refractivity contribution is -0.132. The number of aromatic nitrogens is 2. The average molecular weight is 500 g/mol. The quantitative estimate of drug-likeness (QED) is 0.524. The van der Waals surface area contributed by atoms with Gasteiger partial charge in [-0.2, -0.15) is 0 Å². The van der Waals surface area contributed by atoms with Crippen LogP contribution in [0.5, 0.6) is 11.5 Å². The van der Waals surface area contributed by atoms with Gasteiger partial charge in [0.05, 0.1) is 10.9 Å². The lowest BCUT2D eigenvalue weighted by Crippen LogP contribution is -2.21. The Morgan fingerprint density at radius 1 is 1.09 bits per heavy atom. The van der Waals surface area contributed by atoms with E-state index in [1.165, 1.54) is 12.1 Å². The highest BCUT2D eigenvalue weighted by Crippen LogP contribution is 2.35. The summed E-state index contributed by atoms with van der Waals surface area (Å²) in [5, 5.41) is 10.3. The number of rotatable bonds is 4. The van der Waals surface area contributed by atoms with Crippen molar-refractivity contribution in [2.45, 2.75) is 13.0 Å². The molecule has 3 aromatic rings. The highest BCUT2D eigenvalue weighted by Gasteiger charge is 2.22. The topological polar surface area (TPSA) is 120 Å². The number of allylic oxidation sites excluding steroid dienone is 1.